The monoisotopic (exact) mass is 386 g/mol. The van der Waals surface area contributed by atoms with Gasteiger partial charge in [0.05, 0.1) is 19.3 Å². The number of carbonyl (C=O) groups excluding carboxylic acids is 2. The smallest absolute Gasteiger partial charge is 0.330 e. The van der Waals surface area contributed by atoms with E-state index in [9.17, 15) is 19.8 Å². The van der Waals surface area contributed by atoms with Gasteiger partial charge in [0.15, 0.2) is 0 Å². The lowest BCUT2D eigenvalue weighted by atomic mass is 9.83. The van der Waals surface area contributed by atoms with Crippen LogP contribution in [0.4, 0.5) is 0 Å². The molecule has 5 unspecified atom stereocenters. The van der Waals surface area contributed by atoms with E-state index in [1.807, 2.05) is 6.92 Å². The van der Waals surface area contributed by atoms with Gasteiger partial charge in [0.1, 0.15) is 18.1 Å². The number of unbranched alkanes of at least 4 members (excludes halogenated alkanes) is 1. The van der Waals surface area contributed by atoms with E-state index in [2.05, 4.69) is 4.74 Å². The quantitative estimate of drug-likeness (QED) is 0.300. The van der Waals surface area contributed by atoms with Crippen LogP contribution in [0.25, 0.3) is 0 Å². The maximum Gasteiger partial charge on any atom is 0.330 e. The number of aliphatic hydroxyl groups excluding tert-OH is 1. The van der Waals surface area contributed by atoms with Gasteiger partial charge in [-0.05, 0) is 44.6 Å². The number of hydrogen-bond donors (Lipinski definition) is 2. The largest absolute Gasteiger partial charge is 0.466 e. The lowest BCUT2D eigenvalue weighted by Gasteiger charge is -2.35. The van der Waals surface area contributed by atoms with Crippen LogP contribution in [0.2, 0.25) is 0 Å². The van der Waals surface area contributed by atoms with Crippen molar-refractivity contribution in [1.82, 2.24) is 0 Å². The summed E-state index contributed by atoms with van der Waals surface area (Å²) in [6.45, 7) is 5.60. The molecular formula is C20H34O7. The van der Waals surface area contributed by atoms with Crippen molar-refractivity contribution < 1.29 is 34.0 Å². The first-order valence-electron chi connectivity index (χ1n) is 9.48. The third-order valence-electron chi connectivity index (χ3n) is 5.13. The minimum absolute atomic E-state index is 0.0520. The van der Waals surface area contributed by atoms with Gasteiger partial charge >= 0.3 is 11.9 Å². The van der Waals surface area contributed by atoms with Crippen LogP contribution >= 0.6 is 0 Å². The van der Waals surface area contributed by atoms with Gasteiger partial charge in [-0.2, -0.15) is 0 Å². The van der Waals surface area contributed by atoms with Crippen molar-refractivity contribution in [3.63, 3.8) is 0 Å². The maximum atomic E-state index is 11.3. The van der Waals surface area contributed by atoms with Crippen molar-refractivity contribution in [3.8, 4) is 0 Å². The summed E-state index contributed by atoms with van der Waals surface area (Å²) in [6.07, 6.45) is 3.98. The van der Waals surface area contributed by atoms with Crippen LogP contribution in [0.1, 0.15) is 52.9 Å². The molecule has 7 nitrogen and oxygen atoms in total. The Morgan fingerprint density at radius 3 is 2.59 bits per heavy atom. The lowest BCUT2D eigenvalue weighted by molar-refractivity contribution is -0.190. The first-order valence-corrected chi connectivity index (χ1v) is 9.48. The highest BCUT2D eigenvalue weighted by molar-refractivity contribution is 5.82. The van der Waals surface area contributed by atoms with E-state index in [4.69, 9.17) is 9.47 Å². The van der Waals surface area contributed by atoms with Gasteiger partial charge in [-0.15, -0.1) is 0 Å². The van der Waals surface area contributed by atoms with E-state index in [0.717, 1.165) is 25.7 Å². The molecule has 156 valence electrons. The number of cyclic esters (lactones) is 1. The first-order chi connectivity index (χ1) is 12.6. The molecule has 0 saturated carbocycles. The van der Waals surface area contributed by atoms with Gasteiger partial charge in [-0.1, -0.05) is 19.8 Å². The zero-order valence-corrected chi connectivity index (χ0v) is 17.1. The van der Waals surface area contributed by atoms with Crippen LogP contribution < -0.4 is 0 Å². The van der Waals surface area contributed by atoms with Gasteiger partial charge in [0.25, 0.3) is 0 Å². The maximum absolute atomic E-state index is 11.3. The van der Waals surface area contributed by atoms with Crippen LogP contribution in [0.5, 0.6) is 0 Å². The van der Waals surface area contributed by atoms with Gasteiger partial charge in [0.2, 0.25) is 0 Å². The van der Waals surface area contributed by atoms with Crippen LogP contribution in [0.15, 0.2) is 11.6 Å². The topological polar surface area (TPSA) is 102 Å². The Balaban J connectivity index is 2.36. The van der Waals surface area contributed by atoms with Crippen molar-refractivity contribution in [3.05, 3.63) is 11.6 Å². The van der Waals surface area contributed by atoms with Crippen molar-refractivity contribution in [1.29, 1.82) is 0 Å². The molecule has 0 bridgehead atoms. The van der Waals surface area contributed by atoms with Crippen LogP contribution in [0, 0.1) is 11.8 Å². The van der Waals surface area contributed by atoms with E-state index < -0.39 is 17.7 Å². The minimum Gasteiger partial charge on any atom is -0.466 e. The van der Waals surface area contributed by atoms with E-state index in [1.54, 1.807) is 21.0 Å². The van der Waals surface area contributed by atoms with Crippen LogP contribution in [0.3, 0.4) is 0 Å². The summed E-state index contributed by atoms with van der Waals surface area (Å²) in [5, 5.41) is 21.0. The third-order valence-corrected chi connectivity index (χ3v) is 5.13. The highest BCUT2D eigenvalue weighted by Crippen LogP contribution is 2.30. The second-order valence-corrected chi connectivity index (χ2v) is 7.80. The molecule has 7 heteroatoms. The summed E-state index contributed by atoms with van der Waals surface area (Å²) < 4.78 is 14.7. The Labute approximate surface area is 161 Å². The van der Waals surface area contributed by atoms with Crippen molar-refractivity contribution in [2.24, 2.45) is 11.8 Å². The zero-order valence-electron chi connectivity index (χ0n) is 17.1. The molecule has 1 rings (SSSR count). The molecule has 0 aromatic carbocycles. The summed E-state index contributed by atoms with van der Waals surface area (Å²) in [6, 6.07) is 0. The fraction of sp³-hybridized carbons (Fsp3) is 0.800. The first kappa shape index (κ1) is 23.6. The SMILES string of the molecule is COCC1C(=O)OC1CCCCC(C)CC(C)(O)C(O)C(C)=CC(=O)OC. The van der Waals surface area contributed by atoms with Gasteiger partial charge in [-0.3, -0.25) is 4.79 Å². The average molecular weight is 386 g/mol. The van der Waals surface area contributed by atoms with Crippen molar-refractivity contribution in [2.45, 2.75) is 70.7 Å². The van der Waals surface area contributed by atoms with Crippen LogP contribution in [-0.2, 0) is 23.8 Å². The Morgan fingerprint density at radius 2 is 2.04 bits per heavy atom. The predicted molar refractivity (Wildman–Crippen MR) is 99.9 cm³/mol. The summed E-state index contributed by atoms with van der Waals surface area (Å²) in [5.74, 6) is -0.693. The molecule has 0 aromatic heterocycles. The van der Waals surface area contributed by atoms with Crippen molar-refractivity contribution >= 4 is 11.9 Å². The Hall–Kier alpha value is -1.44. The molecule has 0 aromatic rings. The molecule has 27 heavy (non-hydrogen) atoms. The third kappa shape index (κ3) is 7.24. The molecule has 1 saturated heterocycles. The summed E-state index contributed by atoms with van der Waals surface area (Å²) in [7, 11) is 2.84. The molecule has 2 N–H and O–H groups in total. The summed E-state index contributed by atoms with van der Waals surface area (Å²) in [5.41, 5.74) is -0.962. The predicted octanol–water partition coefficient (Wildman–Crippen LogP) is 1.99. The van der Waals surface area contributed by atoms with E-state index >= 15 is 0 Å². The molecular weight excluding hydrogens is 352 g/mol. The highest BCUT2D eigenvalue weighted by atomic mass is 16.6. The van der Waals surface area contributed by atoms with E-state index in [0.29, 0.717) is 18.6 Å². The Morgan fingerprint density at radius 1 is 1.37 bits per heavy atom. The number of carbonyl (C=O) groups is 2. The number of rotatable bonds is 12. The molecule has 0 radical (unpaired) electrons. The van der Waals surface area contributed by atoms with E-state index in [-0.39, 0.29) is 23.9 Å². The second-order valence-electron chi connectivity index (χ2n) is 7.80. The fourth-order valence-electron chi connectivity index (χ4n) is 3.58. The number of hydrogen-bond acceptors (Lipinski definition) is 7. The average Bonchev–Trinajstić information content (AvgIpc) is 2.60. The number of aliphatic hydroxyl groups is 2. The minimum atomic E-state index is -1.33. The molecule has 1 aliphatic rings. The lowest BCUT2D eigenvalue weighted by Crippen LogP contribution is -2.47. The number of esters is 2. The molecule has 1 heterocycles. The number of ether oxygens (including phenoxy) is 3. The highest BCUT2D eigenvalue weighted by Gasteiger charge is 2.41. The standard InChI is InChI=1S/C20H34O7/c1-13(8-6-7-9-16-15(12-25-4)19(23)27-16)11-20(3,24)18(22)14(2)10-17(21)26-5/h10,13,15-16,18,22,24H,6-9,11-12H2,1-5H3. The fourth-order valence-corrected chi connectivity index (χ4v) is 3.58. The van der Waals surface area contributed by atoms with Gasteiger partial charge in [0, 0.05) is 13.2 Å². The van der Waals surface area contributed by atoms with Crippen molar-refractivity contribution in [2.75, 3.05) is 20.8 Å². The van der Waals surface area contributed by atoms with Gasteiger partial charge in [-0.25, -0.2) is 4.79 Å². The number of methoxy groups -OCH3 is 2. The second kappa shape index (κ2) is 10.8. The molecule has 0 amide bonds. The molecule has 0 spiro atoms. The molecule has 0 aliphatic carbocycles. The summed E-state index contributed by atoms with van der Waals surface area (Å²) >= 11 is 0. The normalized spacial score (nSPS) is 24.4. The summed E-state index contributed by atoms with van der Waals surface area (Å²) in [4.78, 5) is 22.6. The Kier molecular flexibility index (Phi) is 9.42. The molecule has 1 fully saturated rings. The Bertz CT molecular complexity index is 526. The molecule has 1 aliphatic heterocycles. The van der Waals surface area contributed by atoms with E-state index in [1.165, 1.54) is 13.2 Å². The molecule has 5 atom stereocenters. The van der Waals surface area contributed by atoms with Gasteiger partial charge < -0.3 is 24.4 Å². The van der Waals surface area contributed by atoms with Crippen LogP contribution in [-0.4, -0.2) is 60.8 Å². The zero-order chi connectivity index (χ0) is 20.6.